The number of carbonyl (C=O) groups is 2. The highest BCUT2D eigenvalue weighted by Crippen LogP contribution is 2.22. The third-order valence-electron chi connectivity index (χ3n) is 2.84. The second kappa shape index (κ2) is 7.55. The molecule has 9 heteroatoms. The van der Waals surface area contributed by atoms with Gasteiger partial charge in [-0.3, -0.25) is 9.59 Å². The number of hydrogen-bond acceptors (Lipinski definition) is 2. The molecule has 4 nitrogen and oxygen atoms in total. The van der Waals surface area contributed by atoms with Crippen molar-refractivity contribution in [3.8, 4) is 0 Å². The standard InChI is InChI=1S/C15H9Cl2F3N2O2/c16-7-3-8(17)5-9(4-7)22-12(23)6-21-15(24)10-1-2-11(18)14(20)13(10)19/h1-5H,6H2,(H,21,24)(H,22,23). The molecule has 2 N–H and O–H groups in total. The number of amides is 2. The van der Waals surface area contributed by atoms with Gasteiger partial charge in [0.2, 0.25) is 5.91 Å². The van der Waals surface area contributed by atoms with Gasteiger partial charge in [-0.2, -0.15) is 0 Å². The Morgan fingerprint density at radius 3 is 2.21 bits per heavy atom. The largest absolute Gasteiger partial charge is 0.343 e. The van der Waals surface area contributed by atoms with E-state index in [4.69, 9.17) is 23.2 Å². The highest BCUT2D eigenvalue weighted by atomic mass is 35.5. The molecular formula is C15H9Cl2F3N2O2. The summed E-state index contributed by atoms with van der Waals surface area (Å²) in [5.41, 5.74) is -0.418. The lowest BCUT2D eigenvalue weighted by molar-refractivity contribution is -0.115. The molecular weight excluding hydrogens is 368 g/mol. The molecule has 0 radical (unpaired) electrons. The van der Waals surface area contributed by atoms with Gasteiger partial charge >= 0.3 is 0 Å². The van der Waals surface area contributed by atoms with E-state index in [1.165, 1.54) is 18.2 Å². The van der Waals surface area contributed by atoms with Gasteiger partial charge < -0.3 is 10.6 Å². The monoisotopic (exact) mass is 376 g/mol. The summed E-state index contributed by atoms with van der Waals surface area (Å²) in [5.74, 6) is -6.52. The van der Waals surface area contributed by atoms with Crippen molar-refractivity contribution in [1.82, 2.24) is 5.32 Å². The lowest BCUT2D eigenvalue weighted by Crippen LogP contribution is -2.33. The highest BCUT2D eigenvalue weighted by molar-refractivity contribution is 6.35. The summed E-state index contributed by atoms with van der Waals surface area (Å²) in [6.07, 6.45) is 0. The molecule has 2 aromatic rings. The minimum atomic E-state index is -1.76. The minimum Gasteiger partial charge on any atom is -0.343 e. The number of rotatable bonds is 4. The summed E-state index contributed by atoms with van der Waals surface area (Å²) >= 11 is 11.5. The summed E-state index contributed by atoms with van der Waals surface area (Å²) in [7, 11) is 0. The van der Waals surface area contributed by atoms with E-state index in [1.54, 1.807) is 0 Å². The Labute approximate surface area is 144 Å². The molecule has 126 valence electrons. The summed E-state index contributed by atoms with van der Waals surface area (Å²) in [6.45, 7) is -0.526. The van der Waals surface area contributed by atoms with Crippen LogP contribution in [-0.4, -0.2) is 18.4 Å². The Morgan fingerprint density at radius 2 is 1.58 bits per heavy atom. The lowest BCUT2D eigenvalue weighted by atomic mass is 10.2. The second-order valence-electron chi connectivity index (χ2n) is 4.61. The number of halogens is 5. The first kappa shape index (κ1) is 18.1. The number of nitrogens with one attached hydrogen (secondary N) is 2. The van der Waals surface area contributed by atoms with Crippen LogP contribution >= 0.6 is 23.2 Å². The number of benzene rings is 2. The van der Waals surface area contributed by atoms with Crippen LogP contribution in [0, 0.1) is 17.5 Å². The fourth-order valence-electron chi connectivity index (χ4n) is 1.79. The van der Waals surface area contributed by atoms with Crippen LogP contribution in [0.2, 0.25) is 10.0 Å². The summed E-state index contributed by atoms with van der Waals surface area (Å²) in [5, 5.41) is 5.10. The zero-order valence-electron chi connectivity index (χ0n) is 11.8. The van der Waals surface area contributed by atoms with Crippen LogP contribution in [0.1, 0.15) is 10.4 Å². The van der Waals surface area contributed by atoms with Crippen molar-refractivity contribution in [2.45, 2.75) is 0 Å². The quantitative estimate of drug-likeness (QED) is 0.797. The molecule has 0 saturated heterocycles. The topological polar surface area (TPSA) is 58.2 Å². The van der Waals surface area contributed by atoms with Crippen molar-refractivity contribution in [1.29, 1.82) is 0 Å². The number of anilines is 1. The normalized spacial score (nSPS) is 10.4. The van der Waals surface area contributed by atoms with Crippen molar-refractivity contribution < 1.29 is 22.8 Å². The van der Waals surface area contributed by atoms with Gasteiger partial charge in [-0.15, -0.1) is 0 Å². The van der Waals surface area contributed by atoms with Gasteiger partial charge in [-0.05, 0) is 30.3 Å². The predicted molar refractivity (Wildman–Crippen MR) is 83.7 cm³/mol. The zero-order chi connectivity index (χ0) is 17.9. The van der Waals surface area contributed by atoms with Gasteiger partial charge in [-0.25, -0.2) is 13.2 Å². The molecule has 0 aromatic heterocycles. The van der Waals surface area contributed by atoms with E-state index in [0.717, 1.165) is 6.07 Å². The van der Waals surface area contributed by atoms with Crippen molar-refractivity contribution in [3.63, 3.8) is 0 Å². The predicted octanol–water partition coefficient (Wildman–Crippen LogP) is 3.78. The lowest BCUT2D eigenvalue weighted by Gasteiger charge is -2.08. The molecule has 2 amide bonds. The Morgan fingerprint density at radius 1 is 0.958 bits per heavy atom. The van der Waals surface area contributed by atoms with Crippen LogP contribution in [0.4, 0.5) is 18.9 Å². The van der Waals surface area contributed by atoms with Gasteiger partial charge in [0, 0.05) is 15.7 Å². The zero-order valence-corrected chi connectivity index (χ0v) is 13.3. The second-order valence-corrected chi connectivity index (χ2v) is 5.48. The van der Waals surface area contributed by atoms with E-state index in [-0.39, 0.29) is 0 Å². The molecule has 0 saturated carbocycles. The van der Waals surface area contributed by atoms with Crippen LogP contribution < -0.4 is 10.6 Å². The van der Waals surface area contributed by atoms with Gasteiger partial charge in [0.15, 0.2) is 17.5 Å². The minimum absolute atomic E-state index is 0.297. The van der Waals surface area contributed by atoms with E-state index in [9.17, 15) is 22.8 Å². The highest BCUT2D eigenvalue weighted by Gasteiger charge is 2.19. The average molecular weight is 377 g/mol. The maximum atomic E-state index is 13.5. The molecule has 0 bridgehead atoms. The molecule has 0 aliphatic carbocycles. The van der Waals surface area contributed by atoms with E-state index >= 15 is 0 Å². The Hall–Kier alpha value is -2.25. The van der Waals surface area contributed by atoms with E-state index in [1.807, 2.05) is 0 Å². The molecule has 24 heavy (non-hydrogen) atoms. The van der Waals surface area contributed by atoms with Crippen molar-refractivity contribution in [2.24, 2.45) is 0 Å². The fraction of sp³-hybridized carbons (Fsp3) is 0.0667. The molecule has 0 fully saturated rings. The first-order chi connectivity index (χ1) is 11.3. The first-order valence-electron chi connectivity index (χ1n) is 6.45. The molecule has 0 atom stereocenters. The first-order valence-corrected chi connectivity index (χ1v) is 7.21. The van der Waals surface area contributed by atoms with Crippen LogP contribution in [-0.2, 0) is 4.79 Å². The maximum Gasteiger partial charge on any atom is 0.254 e. The van der Waals surface area contributed by atoms with Crippen LogP contribution in [0.5, 0.6) is 0 Å². The Balaban J connectivity index is 1.99. The van der Waals surface area contributed by atoms with Gasteiger partial charge in [0.1, 0.15) is 0 Å². The van der Waals surface area contributed by atoms with Gasteiger partial charge in [-0.1, -0.05) is 23.2 Å². The summed E-state index contributed by atoms with van der Waals surface area (Å²) in [6, 6.07) is 5.72. The maximum absolute atomic E-state index is 13.5. The Kier molecular flexibility index (Phi) is 5.69. The number of carbonyl (C=O) groups excluding carboxylic acids is 2. The molecule has 0 unspecified atom stereocenters. The van der Waals surface area contributed by atoms with Crippen molar-refractivity contribution in [3.05, 3.63) is 63.4 Å². The van der Waals surface area contributed by atoms with E-state index in [0.29, 0.717) is 21.8 Å². The summed E-state index contributed by atoms with van der Waals surface area (Å²) < 4.78 is 39.4. The van der Waals surface area contributed by atoms with Crippen molar-refractivity contribution >= 4 is 40.7 Å². The molecule has 0 spiro atoms. The van der Waals surface area contributed by atoms with Crippen LogP contribution in [0.15, 0.2) is 30.3 Å². The van der Waals surface area contributed by atoms with Crippen LogP contribution in [0.25, 0.3) is 0 Å². The molecule has 2 aromatic carbocycles. The van der Waals surface area contributed by atoms with E-state index in [2.05, 4.69) is 10.6 Å². The molecule has 2 rings (SSSR count). The molecule has 0 heterocycles. The molecule has 0 aliphatic heterocycles. The molecule has 0 aliphatic rings. The average Bonchev–Trinajstić information content (AvgIpc) is 2.49. The third kappa shape index (κ3) is 4.39. The van der Waals surface area contributed by atoms with Crippen LogP contribution in [0.3, 0.4) is 0 Å². The number of hydrogen-bond donors (Lipinski definition) is 2. The van der Waals surface area contributed by atoms with Gasteiger partial charge in [0.05, 0.1) is 12.1 Å². The third-order valence-corrected chi connectivity index (χ3v) is 3.27. The summed E-state index contributed by atoms with van der Waals surface area (Å²) in [4.78, 5) is 23.5. The smallest absolute Gasteiger partial charge is 0.254 e. The SMILES string of the molecule is O=C(CNC(=O)c1ccc(F)c(F)c1F)Nc1cc(Cl)cc(Cl)c1. The van der Waals surface area contributed by atoms with E-state index < -0.39 is 41.4 Å². The van der Waals surface area contributed by atoms with Crippen molar-refractivity contribution in [2.75, 3.05) is 11.9 Å². The van der Waals surface area contributed by atoms with Gasteiger partial charge in [0.25, 0.3) is 5.91 Å². The fourth-order valence-corrected chi connectivity index (χ4v) is 2.31. The Bertz CT molecular complexity index is 795.